The van der Waals surface area contributed by atoms with Crippen LogP contribution in [-0.4, -0.2) is 12.9 Å². The van der Waals surface area contributed by atoms with Gasteiger partial charge in [0.25, 0.3) is 0 Å². The number of Topliss-reactive ketones (excluding diaryl/α,β-unsaturated/α-hetero) is 1. The highest BCUT2D eigenvalue weighted by molar-refractivity contribution is 6.14. The van der Waals surface area contributed by atoms with Crippen LogP contribution in [0.2, 0.25) is 0 Å². The number of rotatable bonds is 2. The van der Waals surface area contributed by atoms with Crippen LogP contribution in [0.1, 0.15) is 43.9 Å². The molecule has 0 spiro atoms. The summed E-state index contributed by atoms with van der Waals surface area (Å²) in [5.41, 5.74) is 5.19. The van der Waals surface area contributed by atoms with Crippen molar-refractivity contribution < 1.29 is 9.53 Å². The van der Waals surface area contributed by atoms with Crippen molar-refractivity contribution in [1.29, 1.82) is 0 Å². The standard InChI is InChI=1S/C26H25NO2/c1-26(2)15-14-20-22-19-7-5-4-6-16(19)10-13-21(22)27-24(23(20)25(26)28)17-8-11-18(29-3)12-9-17/h4-13,24,27H,14-15H2,1-3H3/t24-/m1/s1. The van der Waals surface area contributed by atoms with Crippen LogP contribution >= 0.6 is 0 Å². The molecular formula is C26H25NO2. The van der Waals surface area contributed by atoms with Crippen LogP contribution in [0.5, 0.6) is 5.75 Å². The van der Waals surface area contributed by atoms with E-state index in [1.54, 1.807) is 7.11 Å². The quantitative estimate of drug-likeness (QED) is 0.576. The summed E-state index contributed by atoms with van der Waals surface area (Å²) in [6, 6.07) is 20.7. The van der Waals surface area contributed by atoms with Gasteiger partial charge < -0.3 is 10.1 Å². The number of nitrogens with one attached hydrogen (secondary N) is 1. The van der Waals surface area contributed by atoms with Crippen molar-refractivity contribution in [3.05, 3.63) is 77.4 Å². The molecule has 3 aromatic rings. The molecule has 0 aromatic heterocycles. The summed E-state index contributed by atoms with van der Waals surface area (Å²) in [7, 11) is 1.67. The molecule has 1 aliphatic heterocycles. The first-order chi connectivity index (χ1) is 14.0. The van der Waals surface area contributed by atoms with Gasteiger partial charge in [0.15, 0.2) is 5.78 Å². The Bertz CT molecular complexity index is 1160. The van der Waals surface area contributed by atoms with Gasteiger partial charge in [-0.3, -0.25) is 4.79 Å². The van der Waals surface area contributed by atoms with E-state index in [1.807, 2.05) is 12.1 Å². The number of hydrogen-bond acceptors (Lipinski definition) is 3. The molecule has 0 bridgehead atoms. The molecule has 1 heterocycles. The van der Waals surface area contributed by atoms with Gasteiger partial charge in [0.1, 0.15) is 5.75 Å². The Kier molecular flexibility index (Phi) is 4.02. The molecule has 3 heteroatoms. The largest absolute Gasteiger partial charge is 0.497 e. The molecule has 5 rings (SSSR count). The first-order valence-electron chi connectivity index (χ1n) is 10.2. The zero-order valence-electron chi connectivity index (χ0n) is 17.1. The number of benzene rings is 3. The highest BCUT2D eigenvalue weighted by Gasteiger charge is 2.42. The van der Waals surface area contributed by atoms with E-state index >= 15 is 0 Å². The number of allylic oxidation sites excluding steroid dienone is 1. The van der Waals surface area contributed by atoms with Gasteiger partial charge in [-0.2, -0.15) is 0 Å². The van der Waals surface area contributed by atoms with Crippen LogP contribution in [0, 0.1) is 5.41 Å². The number of ketones is 1. The van der Waals surface area contributed by atoms with Gasteiger partial charge in [0.05, 0.1) is 13.2 Å². The summed E-state index contributed by atoms with van der Waals surface area (Å²) in [6.45, 7) is 4.14. The molecule has 0 fully saturated rings. The van der Waals surface area contributed by atoms with Crippen LogP contribution in [0.4, 0.5) is 5.69 Å². The first-order valence-corrected chi connectivity index (χ1v) is 10.2. The summed E-state index contributed by atoms with van der Waals surface area (Å²) in [5, 5.41) is 6.11. The van der Waals surface area contributed by atoms with Gasteiger partial charge >= 0.3 is 0 Å². The molecule has 0 unspecified atom stereocenters. The van der Waals surface area contributed by atoms with Crippen LogP contribution in [-0.2, 0) is 4.79 Å². The Hall–Kier alpha value is -3.07. The molecule has 0 radical (unpaired) electrons. The third-order valence-electron chi connectivity index (χ3n) is 6.45. The van der Waals surface area contributed by atoms with Gasteiger partial charge in [-0.15, -0.1) is 0 Å². The third kappa shape index (κ3) is 2.76. The fraction of sp³-hybridized carbons (Fsp3) is 0.269. The summed E-state index contributed by atoms with van der Waals surface area (Å²) in [5.74, 6) is 1.08. The van der Waals surface area contributed by atoms with E-state index in [9.17, 15) is 4.79 Å². The predicted octanol–water partition coefficient (Wildman–Crippen LogP) is 6.16. The summed E-state index contributed by atoms with van der Waals surface area (Å²) >= 11 is 0. The van der Waals surface area contributed by atoms with Crippen molar-refractivity contribution in [2.24, 2.45) is 5.41 Å². The van der Waals surface area contributed by atoms with Crippen LogP contribution in [0.25, 0.3) is 16.3 Å². The van der Waals surface area contributed by atoms with Gasteiger partial charge in [-0.05, 0) is 52.9 Å². The minimum atomic E-state index is -0.340. The van der Waals surface area contributed by atoms with E-state index in [4.69, 9.17) is 4.74 Å². The molecule has 2 aliphatic rings. The van der Waals surface area contributed by atoms with Crippen molar-refractivity contribution >= 4 is 27.8 Å². The Balaban J connectivity index is 1.76. The average Bonchev–Trinajstić information content (AvgIpc) is 2.75. The third-order valence-corrected chi connectivity index (χ3v) is 6.45. The molecule has 3 nitrogen and oxygen atoms in total. The van der Waals surface area contributed by atoms with Crippen LogP contribution in [0.3, 0.4) is 0 Å². The van der Waals surface area contributed by atoms with Crippen molar-refractivity contribution in [3.63, 3.8) is 0 Å². The van der Waals surface area contributed by atoms with E-state index in [-0.39, 0.29) is 17.2 Å². The maximum absolute atomic E-state index is 13.6. The zero-order chi connectivity index (χ0) is 20.2. The maximum atomic E-state index is 13.6. The fourth-order valence-electron chi connectivity index (χ4n) is 4.74. The zero-order valence-corrected chi connectivity index (χ0v) is 17.1. The molecule has 1 atom stereocenters. The lowest BCUT2D eigenvalue weighted by Crippen LogP contribution is -2.36. The van der Waals surface area contributed by atoms with E-state index in [2.05, 4.69) is 67.7 Å². The lowest BCUT2D eigenvalue weighted by molar-refractivity contribution is -0.124. The molecule has 0 saturated heterocycles. The minimum absolute atomic E-state index is 0.142. The van der Waals surface area contributed by atoms with Crippen LogP contribution in [0.15, 0.2) is 66.2 Å². The van der Waals surface area contributed by atoms with Crippen molar-refractivity contribution in [2.75, 3.05) is 12.4 Å². The van der Waals surface area contributed by atoms with E-state index in [0.29, 0.717) is 0 Å². The van der Waals surface area contributed by atoms with Crippen molar-refractivity contribution in [1.82, 2.24) is 0 Å². The first kappa shape index (κ1) is 18.0. The second-order valence-electron chi connectivity index (χ2n) is 8.67. The maximum Gasteiger partial charge on any atom is 0.167 e. The highest BCUT2D eigenvalue weighted by Crippen LogP contribution is 2.51. The lowest BCUT2D eigenvalue weighted by Gasteiger charge is -2.40. The average molecular weight is 383 g/mol. The summed E-state index contributed by atoms with van der Waals surface area (Å²) in [4.78, 5) is 13.6. The second-order valence-corrected chi connectivity index (χ2v) is 8.67. The normalized spacial score (nSPS) is 20.1. The Morgan fingerprint density at radius 1 is 1.00 bits per heavy atom. The molecule has 29 heavy (non-hydrogen) atoms. The second kappa shape index (κ2) is 6.48. The van der Waals surface area contributed by atoms with Crippen LogP contribution < -0.4 is 10.1 Å². The molecule has 1 N–H and O–H groups in total. The van der Waals surface area contributed by atoms with Gasteiger partial charge in [0.2, 0.25) is 0 Å². The van der Waals surface area contributed by atoms with Gasteiger partial charge in [-0.1, -0.05) is 56.3 Å². The van der Waals surface area contributed by atoms with E-state index in [0.717, 1.165) is 35.4 Å². The molecular weight excluding hydrogens is 358 g/mol. The number of anilines is 1. The van der Waals surface area contributed by atoms with E-state index < -0.39 is 0 Å². The number of fused-ring (bicyclic) bond motifs is 4. The fourth-order valence-corrected chi connectivity index (χ4v) is 4.74. The number of ether oxygens (including phenoxy) is 1. The molecule has 1 aliphatic carbocycles. The lowest BCUT2D eigenvalue weighted by atomic mass is 9.67. The van der Waals surface area contributed by atoms with E-state index in [1.165, 1.54) is 21.9 Å². The van der Waals surface area contributed by atoms with Crippen molar-refractivity contribution in [3.8, 4) is 5.75 Å². The minimum Gasteiger partial charge on any atom is -0.497 e. The number of methoxy groups -OCH3 is 1. The summed E-state index contributed by atoms with van der Waals surface area (Å²) < 4.78 is 5.32. The molecule has 3 aromatic carbocycles. The Labute approximate surface area is 171 Å². The molecule has 0 saturated carbocycles. The Morgan fingerprint density at radius 2 is 1.76 bits per heavy atom. The van der Waals surface area contributed by atoms with Gasteiger partial charge in [-0.25, -0.2) is 0 Å². The smallest absolute Gasteiger partial charge is 0.167 e. The topological polar surface area (TPSA) is 38.3 Å². The number of hydrogen-bond donors (Lipinski definition) is 1. The number of carbonyl (C=O) groups excluding carboxylic acids is 1. The highest BCUT2D eigenvalue weighted by atomic mass is 16.5. The Morgan fingerprint density at radius 3 is 2.52 bits per heavy atom. The summed E-state index contributed by atoms with van der Waals surface area (Å²) in [6.07, 6.45) is 1.80. The predicted molar refractivity (Wildman–Crippen MR) is 118 cm³/mol. The van der Waals surface area contributed by atoms with Gasteiger partial charge in [0, 0.05) is 22.2 Å². The molecule has 0 amide bonds. The molecule has 146 valence electrons. The van der Waals surface area contributed by atoms with Crippen molar-refractivity contribution in [2.45, 2.75) is 32.7 Å². The SMILES string of the molecule is COc1ccc([C@H]2Nc3ccc4ccccc4c3C3=C2C(=O)C(C)(C)CC3)cc1. The number of carbonyl (C=O) groups is 1. The monoisotopic (exact) mass is 383 g/mol.